The fraction of sp³-hybridized carbons (Fsp3) is 0.778. The smallest absolute Gasteiger partial charge is 0.318 e. The van der Waals surface area contributed by atoms with Crippen LogP contribution >= 0.6 is 0 Å². The number of rotatable bonds is 21. The number of nitrogens with one attached hydrogen (secondary N) is 1. The molecule has 1 heterocycles. The first-order valence-corrected chi connectivity index (χ1v) is 31.5. The summed E-state index contributed by atoms with van der Waals surface area (Å²) in [5, 5.41) is 25.4. The molecule has 5 saturated carbocycles. The number of aliphatic hydroxyl groups is 1. The van der Waals surface area contributed by atoms with Crippen LogP contribution in [0.1, 0.15) is 215 Å². The van der Waals surface area contributed by atoms with Crippen molar-refractivity contribution in [2.75, 3.05) is 26.2 Å². The Morgan fingerprint density at radius 2 is 1.60 bits per heavy atom. The maximum atomic E-state index is 14.2. The standard InChI is InChI=1S/C63H95N3O8S/c1-10-11-12-13-14-15-16-19-53(67)73-43-74-56(68)61(42-72-55-46(41-64)18-17-39-65-55)31-22-45(23-32-61)49-27-29-58(6)51(57(49,4)5)28-30-60(8)52(58)21-20-50-54-48(44(2)3)26-35-63(54,37-36-59(50,60)7)66-40-38-62(69)33-24-47(25-34-62)75(9,70)71/h17-18,22,27,39,47-48,50-52,54,66,69H,2,10-16,19-21,23-26,28-38,40,42-43H2,1,3-9H3/t47?,48-,50+,51-,52+,54+,58-,59+,60+,61+,62?,63-/m0/s1. The van der Waals surface area contributed by atoms with Crippen LogP contribution < -0.4 is 10.1 Å². The molecule has 7 aliphatic carbocycles. The first-order valence-electron chi connectivity index (χ1n) is 29.5. The molecule has 0 saturated heterocycles. The van der Waals surface area contributed by atoms with E-state index in [1.165, 1.54) is 80.8 Å². The van der Waals surface area contributed by atoms with Gasteiger partial charge in [0.15, 0.2) is 0 Å². The summed E-state index contributed by atoms with van der Waals surface area (Å²) in [5.41, 5.74) is 2.86. The predicted octanol–water partition coefficient (Wildman–Crippen LogP) is 13.3. The van der Waals surface area contributed by atoms with Crippen LogP contribution in [0, 0.1) is 68.0 Å². The highest BCUT2D eigenvalue weighted by Crippen LogP contribution is 2.76. The van der Waals surface area contributed by atoms with Crippen LogP contribution in [-0.2, 0) is 28.9 Å². The predicted molar refractivity (Wildman–Crippen MR) is 296 cm³/mol. The summed E-state index contributed by atoms with van der Waals surface area (Å²) in [7, 11) is -3.09. The van der Waals surface area contributed by atoms with E-state index in [1.807, 2.05) is 0 Å². The second-order valence-corrected chi connectivity index (χ2v) is 29.0. The van der Waals surface area contributed by atoms with E-state index in [1.54, 1.807) is 18.3 Å². The largest absolute Gasteiger partial charge is 0.475 e. The van der Waals surface area contributed by atoms with Gasteiger partial charge in [0.2, 0.25) is 12.7 Å². The van der Waals surface area contributed by atoms with Crippen molar-refractivity contribution in [3.8, 4) is 11.9 Å². The molecule has 10 atom stereocenters. The van der Waals surface area contributed by atoms with E-state index in [-0.39, 0.29) is 50.9 Å². The van der Waals surface area contributed by atoms with Crippen molar-refractivity contribution in [2.24, 2.45) is 56.7 Å². The zero-order valence-corrected chi connectivity index (χ0v) is 48.3. The summed E-state index contributed by atoms with van der Waals surface area (Å²) in [5.74, 6) is 1.99. The number of ether oxygens (including phenoxy) is 3. The Bertz CT molecular complexity index is 2470. The van der Waals surface area contributed by atoms with Gasteiger partial charge in [-0.3, -0.25) is 9.59 Å². The third-order valence-electron chi connectivity index (χ3n) is 22.3. The molecule has 11 nitrogen and oxygen atoms in total. The molecule has 416 valence electrons. The number of carbonyl (C=O) groups excluding carboxylic acids is 2. The molecule has 12 heteroatoms. The first kappa shape index (κ1) is 57.6. The molecule has 0 bridgehead atoms. The van der Waals surface area contributed by atoms with Gasteiger partial charge < -0.3 is 24.6 Å². The van der Waals surface area contributed by atoms with Crippen molar-refractivity contribution in [3.63, 3.8) is 0 Å². The number of nitrogens with zero attached hydrogens (tertiary/aromatic N) is 2. The number of fused-ring (bicyclic) bond motifs is 7. The molecule has 0 amide bonds. The quantitative estimate of drug-likeness (QED) is 0.0521. The molecule has 0 spiro atoms. The van der Waals surface area contributed by atoms with E-state index in [4.69, 9.17) is 14.2 Å². The van der Waals surface area contributed by atoms with Gasteiger partial charge in [0.25, 0.3) is 0 Å². The molecule has 0 radical (unpaired) electrons. The molecule has 0 unspecified atom stereocenters. The lowest BCUT2D eigenvalue weighted by Gasteiger charge is -2.72. The monoisotopic (exact) mass is 1050 g/mol. The third-order valence-corrected chi connectivity index (χ3v) is 24.0. The summed E-state index contributed by atoms with van der Waals surface area (Å²) >= 11 is 0. The summed E-state index contributed by atoms with van der Waals surface area (Å²) in [6.07, 6.45) is 30.6. The van der Waals surface area contributed by atoms with E-state index >= 15 is 0 Å². The van der Waals surface area contributed by atoms with Gasteiger partial charge in [-0.2, -0.15) is 5.26 Å². The maximum Gasteiger partial charge on any atom is 0.318 e. The fourth-order valence-corrected chi connectivity index (χ4v) is 19.0. The lowest BCUT2D eigenvalue weighted by molar-refractivity contribution is -0.221. The highest BCUT2D eigenvalue weighted by Gasteiger charge is 2.70. The average Bonchev–Trinajstić information content (AvgIpc) is 3.85. The van der Waals surface area contributed by atoms with Crippen molar-refractivity contribution < 1.29 is 37.3 Å². The summed E-state index contributed by atoms with van der Waals surface area (Å²) in [4.78, 5) is 31.2. The second-order valence-electron chi connectivity index (χ2n) is 26.7. The summed E-state index contributed by atoms with van der Waals surface area (Å²) in [6, 6.07) is 5.51. The van der Waals surface area contributed by atoms with Crippen LogP contribution in [0.5, 0.6) is 5.88 Å². The van der Waals surface area contributed by atoms with Gasteiger partial charge in [-0.05, 0) is 204 Å². The third kappa shape index (κ3) is 11.2. The van der Waals surface area contributed by atoms with Gasteiger partial charge in [-0.1, -0.05) is 104 Å². The number of pyridine rings is 1. The van der Waals surface area contributed by atoms with E-state index < -0.39 is 33.6 Å². The SMILES string of the molecule is C=C(C)[C@@H]1CC[C@]2(NCCC3(O)CCC(S(C)(=O)=O)CC3)CC[C@]3(C)[C@H](CC[C@@H]4[C@@]5(C)CC=C(C6=CC[C@@](COc7ncccc7C#N)(C(=O)OCOC(=O)CCCCCCCCC)CC6)C(C)(C)[C@@H]5CC[C@]43C)[C@@H]12. The molecular weight excluding hydrogens is 959 g/mol. The zero-order chi connectivity index (χ0) is 54.1. The van der Waals surface area contributed by atoms with Crippen LogP contribution in [0.2, 0.25) is 0 Å². The van der Waals surface area contributed by atoms with Gasteiger partial charge in [0, 0.05) is 24.4 Å². The first-order chi connectivity index (χ1) is 35.5. The van der Waals surface area contributed by atoms with Crippen molar-refractivity contribution >= 4 is 21.8 Å². The number of unbranched alkanes of at least 4 members (excludes halogenated alkanes) is 6. The number of nitriles is 1. The summed E-state index contributed by atoms with van der Waals surface area (Å²) < 4.78 is 42.0. The Labute approximate surface area is 452 Å². The molecule has 75 heavy (non-hydrogen) atoms. The molecule has 0 aromatic carbocycles. The van der Waals surface area contributed by atoms with Crippen molar-refractivity contribution in [1.82, 2.24) is 10.3 Å². The van der Waals surface area contributed by atoms with Crippen LogP contribution in [-0.4, -0.2) is 73.0 Å². The van der Waals surface area contributed by atoms with E-state index in [9.17, 15) is 28.4 Å². The van der Waals surface area contributed by atoms with Crippen molar-refractivity contribution in [3.05, 3.63) is 59.3 Å². The van der Waals surface area contributed by atoms with Gasteiger partial charge in [0.1, 0.15) is 33.5 Å². The van der Waals surface area contributed by atoms with E-state index in [0.29, 0.717) is 92.9 Å². The average molecular weight is 1050 g/mol. The van der Waals surface area contributed by atoms with Gasteiger partial charge in [-0.25, -0.2) is 13.4 Å². The lowest BCUT2D eigenvalue weighted by atomic mass is 9.33. The molecule has 7 aliphatic rings. The fourth-order valence-electron chi connectivity index (χ4n) is 17.9. The molecular formula is C63H95N3O8S. The number of esters is 2. The normalized spacial score (nSPS) is 37.0. The highest BCUT2D eigenvalue weighted by atomic mass is 32.2. The molecule has 8 rings (SSSR count). The van der Waals surface area contributed by atoms with Crippen LogP contribution in [0.4, 0.5) is 0 Å². The van der Waals surface area contributed by atoms with Gasteiger partial charge >= 0.3 is 11.9 Å². The second kappa shape index (κ2) is 22.7. The zero-order valence-electron chi connectivity index (χ0n) is 47.5. The Morgan fingerprint density at radius 3 is 2.28 bits per heavy atom. The number of aromatic nitrogens is 1. The van der Waals surface area contributed by atoms with Crippen LogP contribution in [0.15, 0.2) is 53.8 Å². The molecule has 5 fully saturated rings. The lowest BCUT2D eigenvalue weighted by Crippen LogP contribution is -2.68. The van der Waals surface area contributed by atoms with Crippen molar-refractivity contribution in [2.45, 2.75) is 225 Å². The number of hydrogen-bond donors (Lipinski definition) is 2. The van der Waals surface area contributed by atoms with E-state index in [0.717, 1.165) is 51.5 Å². The van der Waals surface area contributed by atoms with Crippen molar-refractivity contribution in [1.29, 1.82) is 5.26 Å². The minimum atomic E-state index is -3.09. The summed E-state index contributed by atoms with van der Waals surface area (Å²) in [6.45, 7) is 22.4. The molecule has 1 aromatic heterocycles. The number of sulfone groups is 1. The Morgan fingerprint density at radius 1 is 0.867 bits per heavy atom. The Kier molecular flexibility index (Phi) is 17.4. The van der Waals surface area contributed by atoms with Crippen LogP contribution in [0.25, 0.3) is 0 Å². The number of allylic oxidation sites excluding steroid dienone is 5. The Balaban J connectivity index is 0.960. The topological polar surface area (TPSA) is 165 Å². The number of carbonyl (C=O) groups is 2. The molecule has 1 aromatic rings. The van der Waals surface area contributed by atoms with Crippen LogP contribution in [0.3, 0.4) is 0 Å². The maximum absolute atomic E-state index is 14.2. The highest BCUT2D eigenvalue weighted by molar-refractivity contribution is 7.91. The molecule has 2 N–H and O–H groups in total. The Hall–Kier alpha value is -3.53. The van der Waals surface area contributed by atoms with Gasteiger partial charge in [-0.15, -0.1) is 0 Å². The van der Waals surface area contributed by atoms with E-state index in [2.05, 4.69) is 83.6 Å². The van der Waals surface area contributed by atoms with Gasteiger partial charge in [0.05, 0.1) is 10.9 Å². The minimum absolute atomic E-state index is 0.0136. The molecule has 0 aliphatic heterocycles. The number of hydrogen-bond acceptors (Lipinski definition) is 11. The minimum Gasteiger partial charge on any atom is -0.475 e.